The molecule has 35 heavy (non-hydrogen) atoms. The van der Waals surface area contributed by atoms with E-state index in [1.807, 2.05) is 12.1 Å². The molecule has 0 spiro atoms. The van der Waals surface area contributed by atoms with Crippen LogP contribution in [0.25, 0.3) is 10.8 Å². The summed E-state index contributed by atoms with van der Waals surface area (Å²) >= 11 is 0. The average Bonchev–Trinajstić information content (AvgIpc) is 2.83. The van der Waals surface area contributed by atoms with Gasteiger partial charge in [0.25, 0.3) is 0 Å². The summed E-state index contributed by atoms with van der Waals surface area (Å²) in [5.74, 6) is 1.38. The maximum absolute atomic E-state index is 11.5. The molecule has 2 aromatic rings. The first-order valence-corrected chi connectivity index (χ1v) is 12.9. The third kappa shape index (κ3) is 8.37. The third-order valence-corrected chi connectivity index (χ3v) is 7.12. The molecule has 1 fully saturated rings. The maximum Gasteiger partial charge on any atom is 0.404 e. The number of nitrogens with zero attached hydrogens (tertiary/aromatic N) is 1. The molecule has 0 bridgehead atoms. The maximum atomic E-state index is 11.5. The van der Waals surface area contributed by atoms with Gasteiger partial charge in [0.05, 0.1) is 18.8 Å². The number of β-amino-alcohol motifs (C(OH)–C–C–N with tert-alkyl or cyclic N) is 1. The number of hydrogen-bond acceptors (Lipinski definition) is 5. The van der Waals surface area contributed by atoms with Crippen LogP contribution in [-0.4, -0.2) is 73.3 Å². The van der Waals surface area contributed by atoms with Crippen LogP contribution >= 0.6 is 0 Å². The molecule has 7 nitrogen and oxygen atoms in total. The second-order valence-electron chi connectivity index (χ2n) is 10.1. The van der Waals surface area contributed by atoms with Gasteiger partial charge in [-0.2, -0.15) is 0 Å². The van der Waals surface area contributed by atoms with E-state index in [1.54, 1.807) is 7.11 Å². The average molecular weight is 487 g/mol. The Morgan fingerprint density at radius 1 is 1.11 bits per heavy atom. The highest BCUT2D eigenvalue weighted by Gasteiger charge is 2.28. The first kappa shape index (κ1) is 27.2. The number of carboxylic acid groups (broad SMARTS) is 1. The third-order valence-electron chi connectivity index (χ3n) is 7.12. The first-order valence-electron chi connectivity index (χ1n) is 12.9. The van der Waals surface area contributed by atoms with Crippen molar-refractivity contribution >= 4 is 16.9 Å². The van der Waals surface area contributed by atoms with Gasteiger partial charge in [-0.05, 0) is 73.7 Å². The van der Waals surface area contributed by atoms with Crippen LogP contribution in [0.2, 0.25) is 0 Å². The molecule has 1 saturated heterocycles. The molecule has 0 aliphatic carbocycles. The van der Waals surface area contributed by atoms with E-state index in [0.717, 1.165) is 48.9 Å². The van der Waals surface area contributed by atoms with Crippen molar-refractivity contribution in [1.82, 2.24) is 10.2 Å². The molecule has 7 heteroatoms. The quantitative estimate of drug-likeness (QED) is 0.360. The highest BCUT2D eigenvalue weighted by atomic mass is 16.5. The molecule has 3 unspecified atom stereocenters. The number of methoxy groups -OCH3 is 1. The van der Waals surface area contributed by atoms with Gasteiger partial charge in [0.2, 0.25) is 0 Å². The van der Waals surface area contributed by atoms with E-state index in [-0.39, 0.29) is 5.92 Å². The van der Waals surface area contributed by atoms with E-state index in [2.05, 4.69) is 48.3 Å². The number of carbonyl (C=O) groups is 1. The molecule has 1 aliphatic rings. The fourth-order valence-corrected chi connectivity index (χ4v) is 5.00. The zero-order valence-corrected chi connectivity index (χ0v) is 21.4. The minimum absolute atomic E-state index is 0.210. The molecule has 2 aromatic carbocycles. The van der Waals surface area contributed by atoms with Crippen molar-refractivity contribution in [2.75, 3.05) is 40.0 Å². The van der Waals surface area contributed by atoms with Crippen LogP contribution < -0.4 is 10.1 Å². The zero-order valence-electron chi connectivity index (χ0n) is 21.4. The largest absolute Gasteiger partial charge is 0.491 e. The number of hydrogen-bond donors (Lipinski definition) is 3. The van der Waals surface area contributed by atoms with E-state index in [0.29, 0.717) is 32.1 Å². The van der Waals surface area contributed by atoms with Crippen molar-refractivity contribution in [3.8, 4) is 5.75 Å². The van der Waals surface area contributed by atoms with Crippen molar-refractivity contribution in [2.24, 2.45) is 11.8 Å². The molecule has 3 rings (SSSR count). The molecule has 194 valence electrons. The molecular formula is C28H42N2O5. The lowest BCUT2D eigenvalue weighted by molar-refractivity contribution is 0.0596. The van der Waals surface area contributed by atoms with Gasteiger partial charge in [-0.1, -0.05) is 44.5 Å². The van der Waals surface area contributed by atoms with Crippen LogP contribution in [0, 0.1) is 11.8 Å². The Kier molecular flexibility index (Phi) is 10.6. The molecule has 1 heterocycles. The SMILES string of the molecule is COCCOc1cccc2ccc(CC(CC(NC(=O)O)C(O)CN3CCCCC3)C(C)C)cc12. The predicted molar refractivity (Wildman–Crippen MR) is 139 cm³/mol. The number of rotatable bonds is 13. The summed E-state index contributed by atoms with van der Waals surface area (Å²) in [4.78, 5) is 13.8. The van der Waals surface area contributed by atoms with E-state index in [4.69, 9.17) is 9.47 Å². The number of amides is 1. The summed E-state index contributed by atoms with van der Waals surface area (Å²) in [6.45, 7) is 7.80. The normalized spacial score (nSPS) is 17.3. The Balaban J connectivity index is 1.74. The molecule has 0 aromatic heterocycles. The van der Waals surface area contributed by atoms with E-state index >= 15 is 0 Å². The number of aliphatic hydroxyl groups excluding tert-OH is 1. The molecule has 3 N–H and O–H groups in total. The van der Waals surface area contributed by atoms with Gasteiger partial charge in [0, 0.05) is 19.0 Å². The monoisotopic (exact) mass is 486 g/mol. The minimum Gasteiger partial charge on any atom is -0.491 e. The van der Waals surface area contributed by atoms with Crippen molar-refractivity contribution < 1.29 is 24.5 Å². The van der Waals surface area contributed by atoms with Crippen molar-refractivity contribution in [2.45, 2.75) is 58.1 Å². The lowest BCUT2D eigenvalue weighted by Gasteiger charge is -2.34. The Hall–Kier alpha value is -2.35. The molecule has 1 aliphatic heterocycles. The second kappa shape index (κ2) is 13.7. The number of benzene rings is 2. The summed E-state index contributed by atoms with van der Waals surface area (Å²) in [7, 11) is 1.66. The number of ether oxygens (including phenoxy) is 2. The van der Waals surface area contributed by atoms with E-state index in [9.17, 15) is 15.0 Å². The van der Waals surface area contributed by atoms with Crippen LogP contribution in [-0.2, 0) is 11.2 Å². The lowest BCUT2D eigenvalue weighted by Crippen LogP contribution is -2.50. The van der Waals surface area contributed by atoms with E-state index in [1.165, 1.54) is 12.0 Å². The Morgan fingerprint density at radius 3 is 2.57 bits per heavy atom. The van der Waals surface area contributed by atoms with E-state index < -0.39 is 18.2 Å². The summed E-state index contributed by atoms with van der Waals surface area (Å²) in [5.41, 5.74) is 1.18. The van der Waals surface area contributed by atoms with Gasteiger partial charge < -0.3 is 29.9 Å². The smallest absolute Gasteiger partial charge is 0.404 e. The number of aliphatic hydroxyl groups is 1. The van der Waals surface area contributed by atoms with Crippen LogP contribution in [0.4, 0.5) is 4.79 Å². The summed E-state index contributed by atoms with van der Waals surface area (Å²) in [6.07, 6.45) is 3.07. The van der Waals surface area contributed by atoms with Gasteiger partial charge in [-0.25, -0.2) is 4.79 Å². The van der Waals surface area contributed by atoms with Gasteiger partial charge in [0.1, 0.15) is 12.4 Å². The highest BCUT2D eigenvalue weighted by Crippen LogP contribution is 2.30. The second-order valence-corrected chi connectivity index (χ2v) is 10.1. The molecule has 0 saturated carbocycles. The number of nitrogens with one attached hydrogen (secondary N) is 1. The Bertz CT molecular complexity index is 929. The summed E-state index contributed by atoms with van der Waals surface area (Å²) in [5, 5.41) is 25.2. The number of likely N-dealkylation sites (tertiary alicyclic amines) is 1. The Labute approximate surface area is 209 Å². The summed E-state index contributed by atoms with van der Waals surface area (Å²) < 4.78 is 11.1. The van der Waals surface area contributed by atoms with Gasteiger partial charge in [-0.15, -0.1) is 0 Å². The topological polar surface area (TPSA) is 91.3 Å². The fourth-order valence-electron chi connectivity index (χ4n) is 5.00. The first-order chi connectivity index (χ1) is 16.9. The van der Waals surface area contributed by atoms with Crippen molar-refractivity contribution in [3.05, 3.63) is 42.0 Å². The zero-order chi connectivity index (χ0) is 25.2. The van der Waals surface area contributed by atoms with Gasteiger partial charge >= 0.3 is 6.09 Å². The van der Waals surface area contributed by atoms with Crippen LogP contribution in [0.3, 0.4) is 0 Å². The molecule has 0 radical (unpaired) electrons. The van der Waals surface area contributed by atoms with Gasteiger partial charge in [-0.3, -0.25) is 0 Å². The van der Waals surface area contributed by atoms with Crippen LogP contribution in [0.5, 0.6) is 5.75 Å². The van der Waals surface area contributed by atoms with Gasteiger partial charge in [0.15, 0.2) is 0 Å². The highest BCUT2D eigenvalue weighted by molar-refractivity contribution is 5.88. The lowest BCUT2D eigenvalue weighted by atomic mass is 9.82. The molecule has 1 amide bonds. The summed E-state index contributed by atoms with van der Waals surface area (Å²) in [6, 6.07) is 12.0. The number of fused-ring (bicyclic) bond motifs is 1. The number of piperidine rings is 1. The van der Waals surface area contributed by atoms with Crippen LogP contribution in [0.15, 0.2) is 36.4 Å². The molecule has 3 atom stereocenters. The van der Waals surface area contributed by atoms with Crippen LogP contribution in [0.1, 0.15) is 45.1 Å². The standard InChI is InChI=1S/C28H42N2O5/c1-20(2)23(18-25(29-28(32)33)26(31)19-30-12-5-4-6-13-30)16-21-10-11-22-8-7-9-27(24(22)17-21)35-15-14-34-3/h7-11,17,20,23,25-26,29,31H,4-6,12-16,18-19H2,1-3H3,(H,32,33). The van der Waals surface area contributed by atoms with Crippen molar-refractivity contribution in [1.29, 1.82) is 0 Å². The predicted octanol–water partition coefficient (Wildman–Crippen LogP) is 4.55. The fraction of sp³-hybridized carbons (Fsp3) is 0.607. The van der Waals surface area contributed by atoms with Crippen molar-refractivity contribution in [3.63, 3.8) is 0 Å². The Morgan fingerprint density at radius 2 is 1.89 bits per heavy atom. The minimum atomic E-state index is -1.08. The molecular weight excluding hydrogens is 444 g/mol.